The third-order valence-electron chi connectivity index (χ3n) is 3.22. The molecule has 2 fully saturated rings. The average molecular weight is 212 g/mol. The van der Waals surface area contributed by atoms with Gasteiger partial charge in [-0.25, -0.2) is 4.79 Å². The molecule has 1 aliphatic carbocycles. The number of nitrogens with two attached hydrogens (primary N) is 1. The highest BCUT2D eigenvalue weighted by Gasteiger charge is 2.54. The standard InChI is InChI=1S/C11H20N2O2/c1-10(2,3)15-9(14)13-5-4-11(12)6-8(11)7-13/h8H,4-7,12H2,1-3H3/t8-,11+/m0/s1. The van der Waals surface area contributed by atoms with Crippen LogP contribution in [0.25, 0.3) is 0 Å². The molecule has 2 rings (SSSR count). The summed E-state index contributed by atoms with van der Waals surface area (Å²) < 4.78 is 5.32. The van der Waals surface area contributed by atoms with E-state index in [-0.39, 0.29) is 11.6 Å². The van der Waals surface area contributed by atoms with Crippen molar-refractivity contribution in [3.8, 4) is 0 Å². The van der Waals surface area contributed by atoms with Crippen LogP contribution in [0.1, 0.15) is 33.6 Å². The van der Waals surface area contributed by atoms with Gasteiger partial charge in [0.1, 0.15) is 5.60 Å². The number of hydrogen-bond donors (Lipinski definition) is 1. The second-order valence-electron chi connectivity index (χ2n) is 5.81. The molecule has 1 saturated carbocycles. The normalized spacial score (nSPS) is 34.7. The predicted molar refractivity (Wildman–Crippen MR) is 57.4 cm³/mol. The van der Waals surface area contributed by atoms with E-state index < -0.39 is 5.60 Å². The first-order valence-corrected chi connectivity index (χ1v) is 5.57. The van der Waals surface area contributed by atoms with E-state index in [4.69, 9.17) is 10.5 Å². The molecule has 2 atom stereocenters. The van der Waals surface area contributed by atoms with E-state index in [2.05, 4.69) is 0 Å². The van der Waals surface area contributed by atoms with Crippen LogP contribution in [0, 0.1) is 5.92 Å². The fraction of sp³-hybridized carbons (Fsp3) is 0.909. The number of amides is 1. The second kappa shape index (κ2) is 3.11. The minimum absolute atomic E-state index is 0.0402. The molecular formula is C11H20N2O2. The van der Waals surface area contributed by atoms with Crippen molar-refractivity contribution < 1.29 is 9.53 Å². The van der Waals surface area contributed by atoms with Gasteiger partial charge in [-0.15, -0.1) is 0 Å². The molecule has 2 aliphatic rings. The number of ether oxygens (including phenoxy) is 1. The number of hydrogen-bond acceptors (Lipinski definition) is 3. The lowest BCUT2D eigenvalue weighted by molar-refractivity contribution is 0.0201. The van der Waals surface area contributed by atoms with Crippen LogP contribution in [0.2, 0.25) is 0 Å². The highest BCUT2D eigenvalue weighted by Crippen LogP contribution is 2.47. The molecule has 1 saturated heterocycles. The van der Waals surface area contributed by atoms with Gasteiger partial charge in [-0.2, -0.15) is 0 Å². The minimum Gasteiger partial charge on any atom is -0.444 e. The quantitative estimate of drug-likeness (QED) is 0.659. The van der Waals surface area contributed by atoms with Gasteiger partial charge in [0.15, 0.2) is 0 Å². The lowest BCUT2D eigenvalue weighted by atomic mass is 10.1. The highest BCUT2D eigenvalue weighted by atomic mass is 16.6. The highest BCUT2D eigenvalue weighted by molar-refractivity contribution is 5.68. The van der Waals surface area contributed by atoms with E-state index in [0.29, 0.717) is 5.92 Å². The fourth-order valence-electron chi connectivity index (χ4n) is 2.15. The molecule has 2 N–H and O–H groups in total. The zero-order valence-electron chi connectivity index (χ0n) is 9.75. The molecule has 0 aromatic heterocycles. The number of rotatable bonds is 0. The van der Waals surface area contributed by atoms with Crippen LogP contribution < -0.4 is 5.73 Å². The van der Waals surface area contributed by atoms with Gasteiger partial charge in [0.2, 0.25) is 0 Å². The summed E-state index contributed by atoms with van der Waals surface area (Å²) in [6, 6.07) is 0. The number of likely N-dealkylation sites (tertiary alicyclic amines) is 1. The van der Waals surface area contributed by atoms with Crippen molar-refractivity contribution in [2.45, 2.75) is 44.8 Å². The molecule has 0 aromatic carbocycles. The summed E-state index contributed by atoms with van der Waals surface area (Å²) in [7, 11) is 0. The SMILES string of the molecule is CC(C)(C)OC(=O)N1CC[C@@]2(N)C[C@H]2C1. The van der Waals surface area contributed by atoms with E-state index in [9.17, 15) is 4.79 Å². The Morgan fingerprint density at radius 1 is 1.53 bits per heavy atom. The Bertz CT molecular complexity index is 285. The molecule has 1 aliphatic heterocycles. The van der Waals surface area contributed by atoms with Crippen molar-refractivity contribution in [2.24, 2.45) is 11.7 Å². The van der Waals surface area contributed by atoms with Gasteiger partial charge in [-0.1, -0.05) is 0 Å². The van der Waals surface area contributed by atoms with Crippen LogP contribution in [0.3, 0.4) is 0 Å². The molecule has 0 aromatic rings. The van der Waals surface area contributed by atoms with Gasteiger partial charge in [-0.3, -0.25) is 0 Å². The molecule has 4 heteroatoms. The summed E-state index contributed by atoms with van der Waals surface area (Å²) in [4.78, 5) is 13.5. The number of carbonyl (C=O) groups excluding carboxylic acids is 1. The first kappa shape index (κ1) is 10.7. The molecule has 15 heavy (non-hydrogen) atoms. The van der Waals surface area contributed by atoms with Gasteiger partial charge in [0, 0.05) is 18.6 Å². The lowest BCUT2D eigenvalue weighted by Gasteiger charge is -2.31. The molecule has 0 bridgehead atoms. The summed E-state index contributed by atoms with van der Waals surface area (Å²) in [5.41, 5.74) is 5.70. The van der Waals surface area contributed by atoms with Crippen molar-refractivity contribution in [2.75, 3.05) is 13.1 Å². The fourth-order valence-corrected chi connectivity index (χ4v) is 2.15. The number of fused-ring (bicyclic) bond motifs is 1. The van der Waals surface area contributed by atoms with Crippen LogP contribution in [-0.2, 0) is 4.74 Å². The van der Waals surface area contributed by atoms with E-state index >= 15 is 0 Å². The lowest BCUT2D eigenvalue weighted by Crippen LogP contribution is -2.46. The average Bonchev–Trinajstić information content (AvgIpc) is 2.71. The topological polar surface area (TPSA) is 55.6 Å². The molecule has 0 spiro atoms. The first-order chi connectivity index (χ1) is 6.80. The Hall–Kier alpha value is -0.770. The molecule has 0 unspecified atom stereocenters. The van der Waals surface area contributed by atoms with Gasteiger partial charge in [-0.05, 0) is 39.5 Å². The monoisotopic (exact) mass is 212 g/mol. The largest absolute Gasteiger partial charge is 0.444 e. The molecule has 1 heterocycles. The van der Waals surface area contributed by atoms with Crippen molar-refractivity contribution in [3.05, 3.63) is 0 Å². The maximum absolute atomic E-state index is 11.7. The van der Waals surface area contributed by atoms with Crippen LogP contribution in [0.15, 0.2) is 0 Å². The number of piperidine rings is 1. The molecule has 0 radical (unpaired) electrons. The summed E-state index contributed by atoms with van der Waals surface area (Å²) in [6.45, 7) is 7.17. The van der Waals surface area contributed by atoms with E-state index in [1.807, 2.05) is 20.8 Å². The zero-order valence-corrected chi connectivity index (χ0v) is 9.75. The summed E-state index contributed by atoms with van der Waals surface area (Å²) in [6.07, 6.45) is 1.78. The van der Waals surface area contributed by atoms with Crippen LogP contribution in [-0.4, -0.2) is 35.2 Å². The second-order valence-corrected chi connectivity index (χ2v) is 5.81. The number of nitrogens with zero attached hydrogens (tertiary/aromatic N) is 1. The van der Waals surface area contributed by atoms with Crippen LogP contribution in [0.4, 0.5) is 4.79 Å². The minimum atomic E-state index is -0.405. The van der Waals surface area contributed by atoms with Crippen LogP contribution >= 0.6 is 0 Å². The third kappa shape index (κ3) is 2.25. The Balaban J connectivity index is 1.88. The van der Waals surface area contributed by atoms with Crippen molar-refractivity contribution >= 4 is 6.09 Å². The smallest absolute Gasteiger partial charge is 0.410 e. The van der Waals surface area contributed by atoms with E-state index in [0.717, 1.165) is 25.9 Å². The molecule has 86 valence electrons. The maximum Gasteiger partial charge on any atom is 0.410 e. The Morgan fingerprint density at radius 2 is 2.20 bits per heavy atom. The third-order valence-corrected chi connectivity index (χ3v) is 3.22. The van der Waals surface area contributed by atoms with E-state index in [1.54, 1.807) is 4.90 Å². The Labute approximate surface area is 90.8 Å². The summed E-state index contributed by atoms with van der Waals surface area (Å²) >= 11 is 0. The van der Waals surface area contributed by atoms with Crippen molar-refractivity contribution in [1.29, 1.82) is 0 Å². The first-order valence-electron chi connectivity index (χ1n) is 5.57. The van der Waals surface area contributed by atoms with E-state index in [1.165, 1.54) is 0 Å². The van der Waals surface area contributed by atoms with Gasteiger partial charge in [0.05, 0.1) is 0 Å². The predicted octanol–water partition coefficient (Wildman–Crippen LogP) is 1.34. The van der Waals surface area contributed by atoms with Gasteiger partial charge in [0.25, 0.3) is 0 Å². The van der Waals surface area contributed by atoms with Gasteiger partial charge < -0.3 is 15.4 Å². The van der Waals surface area contributed by atoms with Gasteiger partial charge >= 0.3 is 6.09 Å². The maximum atomic E-state index is 11.7. The van der Waals surface area contributed by atoms with Crippen molar-refractivity contribution in [1.82, 2.24) is 4.90 Å². The Kier molecular flexibility index (Phi) is 2.23. The Morgan fingerprint density at radius 3 is 2.73 bits per heavy atom. The number of carbonyl (C=O) groups is 1. The summed E-state index contributed by atoms with van der Waals surface area (Å²) in [5.74, 6) is 0.499. The van der Waals surface area contributed by atoms with Crippen molar-refractivity contribution in [3.63, 3.8) is 0 Å². The molecular weight excluding hydrogens is 192 g/mol. The zero-order chi connectivity index (χ0) is 11.3. The van der Waals surface area contributed by atoms with Crippen LogP contribution in [0.5, 0.6) is 0 Å². The molecule has 1 amide bonds. The molecule has 4 nitrogen and oxygen atoms in total. The summed E-state index contributed by atoms with van der Waals surface area (Å²) in [5, 5.41) is 0.